The van der Waals surface area contributed by atoms with Crippen LogP contribution in [0.1, 0.15) is 46.0 Å². The normalized spacial score (nSPS) is 14.0. The zero-order valence-electron chi connectivity index (χ0n) is 13.9. The van der Waals surface area contributed by atoms with Gasteiger partial charge >= 0.3 is 0 Å². The number of anilines is 3. The van der Waals surface area contributed by atoms with Gasteiger partial charge in [0.1, 0.15) is 0 Å². The molecule has 22 heavy (non-hydrogen) atoms. The molecule has 0 bridgehead atoms. The van der Waals surface area contributed by atoms with Crippen molar-refractivity contribution in [3.8, 4) is 0 Å². The van der Waals surface area contributed by atoms with E-state index in [0.717, 1.165) is 39.0 Å². The van der Waals surface area contributed by atoms with Crippen LogP contribution in [0.25, 0.3) is 0 Å². The second kappa shape index (κ2) is 8.73. The van der Waals surface area contributed by atoms with Gasteiger partial charge in [-0.25, -0.2) is 5.06 Å². The van der Waals surface area contributed by atoms with E-state index in [1.807, 2.05) is 7.05 Å². The fraction of sp³-hybridized carbons (Fsp3) is 0.800. The van der Waals surface area contributed by atoms with E-state index in [0.29, 0.717) is 23.8 Å². The van der Waals surface area contributed by atoms with Gasteiger partial charge < -0.3 is 10.6 Å². The third-order valence-electron chi connectivity index (χ3n) is 3.45. The lowest BCUT2D eigenvalue weighted by atomic mass is 10.3. The molecule has 1 aromatic rings. The molecule has 1 fully saturated rings. The summed E-state index contributed by atoms with van der Waals surface area (Å²) in [5, 5.41) is 8.10. The third kappa shape index (κ3) is 5.63. The first-order valence-electron chi connectivity index (χ1n) is 8.33. The Hall–Kier alpha value is -1.63. The molecule has 2 rings (SSSR count). The van der Waals surface area contributed by atoms with Gasteiger partial charge in [-0.1, -0.05) is 20.3 Å². The van der Waals surface area contributed by atoms with Crippen LogP contribution >= 0.6 is 0 Å². The van der Waals surface area contributed by atoms with Crippen LogP contribution in [0.15, 0.2) is 0 Å². The molecule has 0 saturated heterocycles. The maximum atomic E-state index is 5.72. The van der Waals surface area contributed by atoms with Crippen molar-refractivity contribution in [2.45, 2.75) is 46.0 Å². The fourth-order valence-electron chi connectivity index (χ4n) is 1.84. The summed E-state index contributed by atoms with van der Waals surface area (Å²) in [5.41, 5.74) is 0. The first-order valence-corrected chi connectivity index (χ1v) is 8.33. The predicted molar refractivity (Wildman–Crippen MR) is 89.1 cm³/mol. The van der Waals surface area contributed by atoms with Gasteiger partial charge in [-0.05, 0) is 31.6 Å². The second-order valence-corrected chi connectivity index (χ2v) is 5.73. The number of hydrogen-bond acceptors (Lipinski definition) is 7. The summed E-state index contributed by atoms with van der Waals surface area (Å²) < 4.78 is 0. The van der Waals surface area contributed by atoms with Crippen molar-refractivity contribution in [2.24, 2.45) is 5.92 Å². The van der Waals surface area contributed by atoms with Crippen LogP contribution in [0.2, 0.25) is 0 Å². The lowest BCUT2D eigenvalue weighted by Gasteiger charge is -2.18. The topological polar surface area (TPSA) is 75.2 Å². The molecule has 0 unspecified atom stereocenters. The summed E-state index contributed by atoms with van der Waals surface area (Å²) in [7, 11) is 1.84. The summed E-state index contributed by atoms with van der Waals surface area (Å²) in [6, 6.07) is 0. The molecule has 2 N–H and O–H groups in total. The Morgan fingerprint density at radius 2 is 1.73 bits per heavy atom. The van der Waals surface area contributed by atoms with Crippen molar-refractivity contribution >= 4 is 17.8 Å². The monoisotopic (exact) mass is 308 g/mol. The van der Waals surface area contributed by atoms with Crippen molar-refractivity contribution < 1.29 is 4.84 Å². The van der Waals surface area contributed by atoms with E-state index in [1.54, 1.807) is 5.06 Å². The Morgan fingerprint density at radius 1 is 1.05 bits per heavy atom. The molecule has 1 heterocycles. The molecule has 0 atom stereocenters. The molecule has 0 aromatic carbocycles. The molecule has 1 aliphatic rings. The minimum absolute atomic E-state index is 0.535. The van der Waals surface area contributed by atoms with Gasteiger partial charge in [0.25, 0.3) is 5.95 Å². The average Bonchev–Trinajstić information content (AvgIpc) is 3.35. The molecule has 124 valence electrons. The van der Waals surface area contributed by atoms with Gasteiger partial charge in [0.2, 0.25) is 11.9 Å². The van der Waals surface area contributed by atoms with E-state index in [1.165, 1.54) is 12.8 Å². The maximum Gasteiger partial charge on any atom is 0.256 e. The molecule has 0 aliphatic heterocycles. The number of nitrogens with one attached hydrogen (secondary N) is 2. The minimum Gasteiger partial charge on any atom is -0.354 e. The molecule has 1 saturated carbocycles. The van der Waals surface area contributed by atoms with E-state index in [9.17, 15) is 0 Å². The van der Waals surface area contributed by atoms with Crippen LogP contribution < -0.4 is 15.7 Å². The lowest BCUT2D eigenvalue weighted by Crippen LogP contribution is -2.23. The van der Waals surface area contributed by atoms with Gasteiger partial charge in [0, 0.05) is 20.1 Å². The van der Waals surface area contributed by atoms with Crippen LogP contribution in [0.4, 0.5) is 17.8 Å². The van der Waals surface area contributed by atoms with E-state index >= 15 is 0 Å². The van der Waals surface area contributed by atoms with Crippen LogP contribution in [0.3, 0.4) is 0 Å². The van der Waals surface area contributed by atoms with Crippen molar-refractivity contribution in [3.05, 3.63) is 0 Å². The first kappa shape index (κ1) is 16.7. The largest absolute Gasteiger partial charge is 0.354 e. The zero-order valence-corrected chi connectivity index (χ0v) is 13.9. The van der Waals surface area contributed by atoms with Crippen molar-refractivity contribution in [2.75, 3.05) is 42.4 Å². The molecule has 7 heteroatoms. The predicted octanol–water partition coefficient (Wildman–Crippen LogP) is 2.68. The molecule has 0 amide bonds. The molecule has 1 aliphatic carbocycles. The van der Waals surface area contributed by atoms with Gasteiger partial charge in [-0.2, -0.15) is 15.0 Å². The van der Waals surface area contributed by atoms with Gasteiger partial charge in [-0.3, -0.25) is 4.84 Å². The maximum absolute atomic E-state index is 5.72. The highest BCUT2D eigenvalue weighted by Crippen LogP contribution is 2.29. The summed E-state index contributed by atoms with van der Waals surface area (Å²) in [6.07, 6.45) is 5.77. The zero-order chi connectivity index (χ0) is 15.8. The Balaban J connectivity index is 2.01. The van der Waals surface area contributed by atoms with Crippen molar-refractivity contribution in [3.63, 3.8) is 0 Å². The van der Waals surface area contributed by atoms with E-state index in [-0.39, 0.29) is 0 Å². The number of rotatable bonds is 11. The van der Waals surface area contributed by atoms with Crippen LogP contribution in [0.5, 0.6) is 0 Å². The van der Waals surface area contributed by atoms with Gasteiger partial charge in [-0.15, -0.1) is 0 Å². The highest BCUT2D eigenvalue weighted by atomic mass is 16.7. The highest BCUT2D eigenvalue weighted by Gasteiger charge is 2.23. The van der Waals surface area contributed by atoms with Crippen molar-refractivity contribution in [1.29, 1.82) is 0 Å². The summed E-state index contributed by atoms with van der Waals surface area (Å²) in [5.74, 6) is 2.42. The van der Waals surface area contributed by atoms with Gasteiger partial charge in [0.05, 0.1) is 6.61 Å². The van der Waals surface area contributed by atoms with Gasteiger partial charge in [0.15, 0.2) is 0 Å². The Kier molecular flexibility index (Phi) is 6.64. The summed E-state index contributed by atoms with van der Waals surface area (Å²) in [4.78, 5) is 19.0. The fourth-order valence-corrected chi connectivity index (χ4v) is 1.84. The lowest BCUT2D eigenvalue weighted by molar-refractivity contribution is 0.109. The molecule has 1 aromatic heterocycles. The number of nitrogens with zero attached hydrogens (tertiary/aromatic N) is 4. The Morgan fingerprint density at radius 3 is 2.32 bits per heavy atom. The van der Waals surface area contributed by atoms with Crippen LogP contribution in [0, 0.1) is 5.92 Å². The van der Waals surface area contributed by atoms with Crippen LogP contribution in [-0.2, 0) is 4.84 Å². The van der Waals surface area contributed by atoms with E-state index < -0.39 is 0 Å². The first-order chi connectivity index (χ1) is 10.7. The Bertz CT molecular complexity index is 452. The quantitative estimate of drug-likeness (QED) is 0.481. The average molecular weight is 308 g/mol. The van der Waals surface area contributed by atoms with E-state index in [4.69, 9.17) is 4.84 Å². The van der Waals surface area contributed by atoms with Crippen LogP contribution in [-0.4, -0.2) is 41.7 Å². The molecular weight excluding hydrogens is 280 g/mol. The highest BCUT2D eigenvalue weighted by molar-refractivity contribution is 5.42. The minimum atomic E-state index is 0.535. The Labute approximate surface area is 132 Å². The standard InChI is InChI=1S/C15H28N6O/c1-4-6-10-17-14-18-13(16-9-5-2)19-15(20-14)21(3)22-11-12-7-8-12/h12H,4-11H2,1-3H3,(H2,16,17,18,19,20). The third-order valence-corrected chi connectivity index (χ3v) is 3.45. The molecule has 0 radical (unpaired) electrons. The number of unbranched alkanes of at least 4 members (excludes halogenated alkanes) is 1. The molecule has 0 spiro atoms. The molecular formula is C15H28N6O. The summed E-state index contributed by atoms with van der Waals surface area (Å²) in [6.45, 7) is 6.71. The smallest absolute Gasteiger partial charge is 0.256 e. The van der Waals surface area contributed by atoms with Crippen molar-refractivity contribution in [1.82, 2.24) is 15.0 Å². The van der Waals surface area contributed by atoms with E-state index in [2.05, 4.69) is 39.4 Å². The number of hydroxylamine groups is 1. The summed E-state index contributed by atoms with van der Waals surface area (Å²) >= 11 is 0. The number of aromatic nitrogens is 3. The number of hydrogen-bond donors (Lipinski definition) is 2. The molecule has 7 nitrogen and oxygen atoms in total. The SMILES string of the molecule is CCCCNc1nc(NCCC)nc(N(C)OCC2CC2)n1. The second-order valence-electron chi connectivity index (χ2n) is 5.73.